The Balaban J connectivity index is 1.74. The van der Waals surface area contributed by atoms with Crippen molar-refractivity contribution in [3.8, 4) is 5.75 Å². The Morgan fingerprint density at radius 3 is 2.37 bits per heavy atom. The van der Waals surface area contributed by atoms with Crippen molar-refractivity contribution in [2.45, 2.75) is 12.5 Å². The van der Waals surface area contributed by atoms with Gasteiger partial charge in [-0.25, -0.2) is 4.90 Å². The highest BCUT2D eigenvalue weighted by atomic mass is 16.5. The summed E-state index contributed by atoms with van der Waals surface area (Å²) in [6.45, 7) is 3.58. The van der Waals surface area contributed by atoms with Crippen molar-refractivity contribution < 1.29 is 19.1 Å². The largest absolute Gasteiger partial charge is 0.484 e. The lowest BCUT2D eigenvalue weighted by Gasteiger charge is -2.26. The van der Waals surface area contributed by atoms with Gasteiger partial charge in [0.2, 0.25) is 5.91 Å². The first-order valence-corrected chi connectivity index (χ1v) is 8.62. The Morgan fingerprint density at radius 1 is 1.11 bits per heavy atom. The average molecular weight is 364 g/mol. The molecule has 2 aromatic rings. The minimum Gasteiger partial charge on any atom is -0.484 e. The van der Waals surface area contributed by atoms with Crippen LogP contribution in [0.15, 0.2) is 73.3 Å². The summed E-state index contributed by atoms with van der Waals surface area (Å²) < 4.78 is 5.49. The molecular formula is C21H20N2O4. The van der Waals surface area contributed by atoms with Crippen LogP contribution in [-0.4, -0.2) is 41.8 Å². The van der Waals surface area contributed by atoms with Crippen LogP contribution in [0, 0.1) is 0 Å². The Kier molecular flexibility index (Phi) is 5.66. The molecule has 138 valence electrons. The minimum atomic E-state index is -0.859. The number of ether oxygens (including phenoxy) is 1. The number of rotatable bonds is 7. The van der Waals surface area contributed by atoms with Crippen LogP contribution in [0.25, 0.3) is 0 Å². The van der Waals surface area contributed by atoms with Gasteiger partial charge in [-0.2, -0.15) is 0 Å². The lowest BCUT2D eigenvalue weighted by molar-refractivity contribution is -0.139. The molecular weight excluding hydrogens is 344 g/mol. The van der Waals surface area contributed by atoms with Gasteiger partial charge in [0.05, 0.1) is 12.1 Å². The van der Waals surface area contributed by atoms with Gasteiger partial charge in [0.1, 0.15) is 11.8 Å². The monoisotopic (exact) mass is 364 g/mol. The summed E-state index contributed by atoms with van der Waals surface area (Å²) in [5.74, 6) is -0.563. The Labute approximate surface area is 157 Å². The van der Waals surface area contributed by atoms with E-state index in [1.807, 2.05) is 6.07 Å². The fourth-order valence-electron chi connectivity index (χ4n) is 2.99. The molecule has 27 heavy (non-hydrogen) atoms. The van der Waals surface area contributed by atoms with Crippen molar-refractivity contribution in [2.75, 3.05) is 18.1 Å². The van der Waals surface area contributed by atoms with Gasteiger partial charge in [-0.15, -0.1) is 6.58 Å². The first kappa shape index (κ1) is 18.4. The fourth-order valence-corrected chi connectivity index (χ4v) is 2.99. The third-order valence-corrected chi connectivity index (χ3v) is 4.27. The number of imide groups is 1. The van der Waals surface area contributed by atoms with Crippen LogP contribution in [0.3, 0.4) is 0 Å². The number of benzene rings is 2. The number of carbonyl (C=O) groups is 3. The summed E-state index contributed by atoms with van der Waals surface area (Å²) >= 11 is 0. The molecule has 1 saturated heterocycles. The SMILES string of the molecule is C=CCN(C(=O)COc1ccccc1)C1CC(=O)N(c2ccccc2)C1=O. The summed E-state index contributed by atoms with van der Waals surface area (Å²) in [4.78, 5) is 40.4. The lowest BCUT2D eigenvalue weighted by Crippen LogP contribution is -2.47. The standard InChI is InChI=1S/C21H20N2O4/c1-2-13-22(20(25)15-27-17-11-7-4-8-12-17)18-14-19(24)23(21(18)26)16-9-5-3-6-10-16/h2-12,18H,1,13-15H2. The van der Waals surface area contributed by atoms with E-state index in [-0.39, 0.29) is 31.4 Å². The van der Waals surface area contributed by atoms with Crippen LogP contribution in [-0.2, 0) is 14.4 Å². The molecule has 1 aliphatic rings. The molecule has 3 rings (SSSR count). The molecule has 1 fully saturated rings. The minimum absolute atomic E-state index is 0.0569. The predicted molar refractivity (Wildman–Crippen MR) is 101 cm³/mol. The predicted octanol–water partition coefficient (Wildman–Crippen LogP) is 2.41. The van der Waals surface area contributed by atoms with Crippen LogP contribution in [0.1, 0.15) is 6.42 Å². The summed E-state index contributed by atoms with van der Waals surface area (Å²) in [7, 11) is 0. The average Bonchev–Trinajstić information content (AvgIpc) is 2.99. The highest BCUT2D eigenvalue weighted by Crippen LogP contribution is 2.25. The number of amides is 3. The van der Waals surface area contributed by atoms with Gasteiger partial charge < -0.3 is 9.64 Å². The smallest absolute Gasteiger partial charge is 0.261 e. The van der Waals surface area contributed by atoms with E-state index < -0.39 is 11.9 Å². The van der Waals surface area contributed by atoms with Gasteiger partial charge in [0.15, 0.2) is 6.61 Å². The van der Waals surface area contributed by atoms with Crippen LogP contribution in [0.2, 0.25) is 0 Å². The van der Waals surface area contributed by atoms with Crippen LogP contribution < -0.4 is 9.64 Å². The number of para-hydroxylation sites is 2. The zero-order valence-electron chi connectivity index (χ0n) is 14.8. The highest BCUT2D eigenvalue weighted by molar-refractivity contribution is 6.23. The highest BCUT2D eigenvalue weighted by Gasteiger charge is 2.44. The number of hydrogen-bond acceptors (Lipinski definition) is 4. The van der Waals surface area contributed by atoms with Crippen molar-refractivity contribution in [2.24, 2.45) is 0 Å². The molecule has 0 spiro atoms. The van der Waals surface area contributed by atoms with Crippen LogP contribution in [0.4, 0.5) is 5.69 Å². The van der Waals surface area contributed by atoms with Gasteiger partial charge in [0.25, 0.3) is 11.8 Å². The second-order valence-corrected chi connectivity index (χ2v) is 6.06. The summed E-state index contributed by atoms with van der Waals surface area (Å²) in [6, 6.07) is 16.8. The molecule has 1 aliphatic heterocycles. The molecule has 1 heterocycles. The third-order valence-electron chi connectivity index (χ3n) is 4.27. The zero-order valence-corrected chi connectivity index (χ0v) is 14.8. The van der Waals surface area contributed by atoms with Gasteiger partial charge in [-0.1, -0.05) is 42.5 Å². The number of carbonyl (C=O) groups excluding carboxylic acids is 3. The molecule has 0 aliphatic carbocycles. The molecule has 0 bridgehead atoms. The fraction of sp³-hybridized carbons (Fsp3) is 0.190. The van der Waals surface area contributed by atoms with E-state index in [1.165, 1.54) is 11.0 Å². The number of hydrogen-bond donors (Lipinski definition) is 0. The van der Waals surface area contributed by atoms with Gasteiger partial charge in [-0.3, -0.25) is 14.4 Å². The van der Waals surface area contributed by atoms with Gasteiger partial charge in [0, 0.05) is 6.54 Å². The summed E-state index contributed by atoms with van der Waals surface area (Å²) in [5, 5.41) is 0. The summed E-state index contributed by atoms with van der Waals surface area (Å²) in [5.41, 5.74) is 0.501. The lowest BCUT2D eigenvalue weighted by atomic mass is 10.2. The maximum atomic E-state index is 12.8. The summed E-state index contributed by atoms with van der Waals surface area (Å²) in [6.07, 6.45) is 1.47. The zero-order chi connectivity index (χ0) is 19.2. The first-order chi connectivity index (χ1) is 13.1. The molecule has 2 aromatic carbocycles. The third kappa shape index (κ3) is 4.06. The quantitative estimate of drug-likeness (QED) is 0.559. The molecule has 1 atom stereocenters. The van der Waals surface area contributed by atoms with Gasteiger partial charge >= 0.3 is 0 Å². The van der Waals surface area contributed by atoms with E-state index in [0.717, 1.165) is 4.90 Å². The molecule has 0 N–H and O–H groups in total. The Morgan fingerprint density at radius 2 is 1.74 bits per heavy atom. The second kappa shape index (κ2) is 8.31. The molecule has 0 aromatic heterocycles. The molecule has 6 nitrogen and oxygen atoms in total. The van der Waals surface area contributed by atoms with E-state index in [0.29, 0.717) is 11.4 Å². The molecule has 6 heteroatoms. The van der Waals surface area contributed by atoms with Crippen molar-refractivity contribution in [1.82, 2.24) is 4.90 Å². The van der Waals surface area contributed by atoms with Crippen molar-refractivity contribution in [1.29, 1.82) is 0 Å². The van der Waals surface area contributed by atoms with Crippen molar-refractivity contribution in [3.05, 3.63) is 73.3 Å². The van der Waals surface area contributed by atoms with Crippen molar-refractivity contribution >= 4 is 23.4 Å². The topological polar surface area (TPSA) is 66.9 Å². The van der Waals surface area contributed by atoms with Gasteiger partial charge in [-0.05, 0) is 24.3 Å². The van der Waals surface area contributed by atoms with Crippen LogP contribution >= 0.6 is 0 Å². The molecule has 0 radical (unpaired) electrons. The molecule has 0 saturated carbocycles. The maximum Gasteiger partial charge on any atom is 0.261 e. The number of nitrogens with zero attached hydrogens (tertiary/aromatic N) is 2. The molecule has 3 amide bonds. The van der Waals surface area contributed by atoms with E-state index in [2.05, 4.69) is 6.58 Å². The normalized spacial score (nSPS) is 16.3. The van der Waals surface area contributed by atoms with Crippen molar-refractivity contribution in [3.63, 3.8) is 0 Å². The van der Waals surface area contributed by atoms with E-state index in [9.17, 15) is 14.4 Å². The van der Waals surface area contributed by atoms with E-state index in [1.54, 1.807) is 54.6 Å². The van der Waals surface area contributed by atoms with Crippen LogP contribution in [0.5, 0.6) is 5.75 Å². The molecule has 1 unspecified atom stereocenters. The second-order valence-electron chi connectivity index (χ2n) is 6.06. The first-order valence-electron chi connectivity index (χ1n) is 8.62. The Hall–Kier alpha value is -3.41. The maximum absolute atomic E-state index is 12.8. The Bertz CT molecular complexity index is 836. The van der Waals surface area contributed by atoms with E-state index in [4.69, 9.17) is 4.74 Å². The van der Waals surface area contributed by atoms with E-state index >= 15 is 0 Å². The number of anilines is 1.